The smallest absolute Gasteiger partial charge is 0.183 e. The van der Waals surface area contributed by atoms with Crippen molar-refractivity contribution in [2.75, 3.05) is 25.2 Å². The number of methoxy groups -OCH3 is 1. The molecule has 0 radical (unpaired) electrons. The van der Waals surface area contributed by atoms with Crippen molar-refractivity contribution in [2.24, 2.45) is 0 Å². The van der Waals surface area contributed by atoms with Crippen LogP contribution in [0.5, 0.6) is 0 Å². The maximum atomic E-state index is 14.2. The van der Waals surface area contributed by atoms with E-state index in [1.54, 1.807) is 13.2 Å². The molecule has 3 nitrogen and oxygen atoms in total. The van der Waals surface area contributed by atoms with Gasteiger partial charge < -0.3 is 9.64 Å². The number of benzene rings is 1. The van der Waals surface area contributed by atoms with Crippen LogP contribution in [-0.4, -0.2) is 26.3 Å². The highest BCUT2D eigenvalue weighted by Crippen LogP contribution is 2.27. The Bertz CT molecular complexity index is 481. The van der Waals surface area contributed by atoms with Crippen LogP contribution in [0.3, 0.4) is 0 Å². The van der Waals surface area contributed by atoms with Crippen LogP contribution in [0.1, 0.15) is 32.3 Å². The number of nitrogens with zero attached hydrogens (tertiary/aromatic N) is 2. The fraction of sp³-hybridized carbons (Fsp3) is 0.533. The minimum atomic E-state index is -1.08. The van der Waals surface area contributed by atoms with Gasteiger partial charge >= 0.3 is 0 Å². The van der Waals surface area contributed by atoms with E-state index in [1.165, 1.54) is 12.1 Å². The van der Waals surface area contributed by atoms with E-state index in [1.807, 2.05) is 18.7 Å². The number of halogens is 2. The molecule has 0 atom stereocenters. The van der Waals surface area contributed by atoms with Crippen molar-refractivity contribution in [3.05, 3.63) is 29.3 Å². The van der Waals surface area contributed by atoms with Gasteiger partial charge in [-0.1, -0.05) is 13.8 Å². The van der Waals surface area contributed by atoms with E-state index in [0.717, 1.165) is 12.8 Å². The highest BCUT2D eigenvalue weighted by atomic mass is 19.2. The molecule has 0 unspecified atom stereocenters. The third-order valence-corrected chi connectivity index (χ3v) is 3.41. The fourth-order valence-electron chi connectivity index (χ4n) is 2.27. The van der Waals surface area contributed by atoms with Crippen molar-refractivity contribution in [1.29, 1.82) is 5.26 Å². The highest BCUT2D eigenvalue weighted by Gasteiger charge is 2.22. The predicted molar refractivity (Wildman–Crippen MR) is 74.7 cm³/mol. The zero-order chi connectivity index (χ0) is 15.1. The molecule has 0 bridgehead atoms. The molecule has 0 spiro atoms. The summed E-state index contributed by atoms with van der Waals surface area (Å²) < 4.78 is 32.9. The summed E-state index contributed by atoms with van der Waals surface area (Å²) in [6.07, 6.45) is 1.64. The first-order chi connectivity index (χ1) is 9.60. The molecule has 0 aliphatic rings. The van der Waals surface area contributed by atoms with Crippen LogP contribution in [0.25, 0.3) is 0 Å². The van der Waals surface area contributed by atoms with Crippen LogP contribution in [0.2, 0.25) is 0 Å². The van der Waals surface area contributed by atoms with E-state index in [2.05, 4.69) is 0 Å². The highest BCUT2D eigenvalue weighted by molar-refractivity contribution is 5.52. The van der Waals surface area contributed by atoms with Gasteiger partial charge in [-0.2, -0.15) is 5.26 Å². The van der Waals surface area contributed by atoms with Crippen molar-refractivity contribution < 1.29 is 13.5 Å². The van der Waals surface area contributed by atoms with Gasteiger partial charge in [0.1, 0.15) is 6.07 Å². The van der Waals surface area contributed by atoms with Gasteiger partial charge in [0.2, 0.25) is 0 Å². The SMILES string of the molecule is CCC(CC)N(CCOC)c1ccc(C#N)c(F)c1F. The molecular weight excluding hydrogens is 262 g/mol. The lowest BCUT2D eigenvalue weighted by Crippen LogP contribution is -2.37. The second-order valence-electron chi connectivity index (χ2n) is 4.53. The molecule has 0 saturated carbocycles. The number of rotatable bonds is 7. The van der Waals surface area contributed by atoms with Crippen molar-refractivity contribution in [3.63, 3.8) is 0 Å². The minimum absolute atomic E-state index is 0.104. The van der Waals surface area contributed by atoms with Gasteiger partial charge in [0.25, 0.3) is 0 Å². The topological polar surface area (TPSA) is 36.3 Å². The van der Waals surface area contributed by atoms with Gasteiger partial charge in [-0.3, -0.25) is 0 Å². The Morgan fingerprint density at radius 2 is 1.90 bits per heavy atom. The number of hydrogen-bond donors (Lipinski definition) is 0. The average Bonchev–Trinajstić information content (AvgIpc) is 2.47. The number of hydrogen-bond acceptors (Lipinski definition) is 3. The maximum absolute atomic E-state index is 14.2. The Hall–Kier alpha value is -1.67. The Balaban J connectivity index is 3.20. The Morgan fingerprint density at radius 1 is 1.25 bits per heavy atom. The lowest BCUT2D eigenvalue weighted by molar-refractivity contribution is 0.202. The van der Waals surface area contributed by atoms with Gasteiger partial charge in [-0.25, -0.2) is 8.78 Å². The summed E-state index contributed by atoms with van der Waals surface area (Å²) in [7, 11) is 1.57. The summed E-state index contributed by atoms with van der Waals surface area (Å²) in [6.45, 7) is 4.92. The first kappa shape index (κ1) is 16.4. The fourth-order valence-corrected chi connectivity index (χ4v) is 2.27. The van der Waals surface area contributed by atoms with E-state index >= 15 is 0 Å². The van der Waals surface area contributed by atoms with Crippen LogP contribution in [0.15, 0.2) is 12.1 Å². The van der Waals surface area contributed by atoms with E-state index in [-0.39, 0.29) is 17.3 Å². The Kier molecular flexibility index (Phi) is 6.40. The van der Waals surface area contributed by atoms with Gasteiger partial charge in [0.05, 0.1) is 17.9 Å². The molecule has 1 rings (SSSR count). The summed E-state index contributed by atoms with van der Waals surface area (Å²) in [4.78, 5) is 1.81. The zero-order valence-corrected chi connectivity index (χ0v) is 12.1. The molecule has 0 fully saturated rings. The van der Waals surface area contributed by atoms with Crippen molar-refractivity contribution in [3.8, 4) is 6.07 Å². The van der Waals surface area contributed by atoms with Gasteiger partial charge in [-0.05, 0) is 25.0 Å². The summed E-state index contributed by atoms with van der Waals surface area (Å²) in [6, 6.07) is 4.53. The van der Waals surface area contributed by atoms with Crippen LogP contribution < -0.4 is 4.90 Å². The molecule has 0 aliphatic heterocycles. The molecule has 20 heavy (non-hydrogen) atoms. The van der Waals surface area contributed by atoms with Crippen LogP contribution in [0.4, 0.5) is 14.5 Å². The van der Waals surface area contributed by atoms with Gasteiger partial charge in [-0.15, -0.1) is 0 Å². The maximum Gasteiger partial charge on any atom is 0.183 e. The predicted octanol–water partition coefficient (Wildman–Crippen LogP) is 3.48. The number of nitriles is 1. The first-order valence-corrected chi connectivity index (χ1v) is 6.74. The van der Waals surface area contributed by atoms with E-state index < -0.39 is 11.6 Å². The van der Waals surface area contributed by atoms with Crippen molar-refractivity contribution in [2.45, 2.75) is 32.7 Å². The molecule has 1 aromatic carbocycles. The van der Waals surface area contributed by atoms with Gasteiger partial charge in [0, 0.05) is 19.7 Å². The Labute approximate surface area is 118 Å². The monoisotopic (exact) mass is 282 g/mol. The molecule has 0 aliphatic carbocycles. The summed E-state index contributed by atoms with van der Waals surface area (Å²) in [5.41, 5.74) is -0.0882. The second kappa shape index (κ2) is 7.81. The summed E-state index contributed by atoms with van der Waals surface area (Å²) in [5, 5.41) is 8.73. The Morgan fingerprint density at radius 3 is 2.40 bits per heavy atom. The standard InChI is InChI=1S/C15H20F2N2O/c1-4-12(5-2)19(8-9-20-3)13-7-6-11(10-18)14(16)15(13)17/h6-7,12H,4-5,8-9H2,1-3H3. The van der Waals surface area contributed by atoms with E-state index in [9.17, 15) is 8.78 Å². The molecule has 0 N–H and O–H groups in total. The largest absolute Gasteiger partial charge is 0.383 e. The van der Waals surface area contributed by atoms with Crippen molar-refractivity contribution in [1.82, 2.24) is 0 Å². The normalized spacial score (nSPS) is 10.7. The van der Waals surface area contributed by atoms with Crippen LogP contribution >= 0.6 is 0 Å². The van der Waals surface area contributed by atoms with E-state index in [0.29, 0.717) is 13.2 Å². The summed E-state index contributed by atoms with van der Waals surface area (Å²) in [5.74, 6) is -2.05. The lowest BCUT2D eigenvalue weighted by Gasteiger charge is -2.32. The first-order valence-electron chi connectivity index (χ1n) is 6.74. The lowest BCUT2D eigenvalue weighted by atomic mass is 10.1. The third-order valence-electron chi connectivity index (χ3n) is 3.41. The molecule has 0 saturated heterocycles. The van der Waals surface area contributed by atoms with Crippen LogP contribution in [-0.2, 0) is 4.74 Å². The number of ether oxygens (including phenoxy) is 1. The molecule has 1 aromatic rings. The van der Waals surface area contributed by atoms with Gasteiger partial charge in [0.15, 0.2) is 11.6 Å². The minimum Gasteiger partial charge on any atom is -0.383 e. The van der Waals surface area contributed by atoms with Crippen LogP contribution in [0, 0.1) is 23.0 Å². The second-order valence-corrected chi connectivity index (χ2v) is 4.53. The van der Waals surface area contributed by atoms with E-state index in [4.69, 9.17) is 10.00 Å². The quantitative estimate of drug-likeness (QED) is 0.768. The third kappa shape index (κ3) is 3.45. The molecule has 0 aromatic heterocycles. The number of anilines is 1. The molecule has 0 amide bonds. The molecule has 5 heteroatoms. The zero-order valence-electron chi connectivity index (χ0n) is 12.1. The molecule has 110 valence electrons. The molecular formula is C15H20F2N2O. The van der Waals surface area contributed by atoms with Crippen molar-refractivity contribution >= 4 is 5.69 Å². The summed E-state index contributed by atoms with van der Waals surface area (Å²) >= 11 is 0. The average molecular weight is 282 g/mol. The molecule has 0 heterocycles.